The Morgan fingerprint density at radius 2 is 1.38 bits per heavy atom. The van der Waals surface area contributed by atoms with Crippen molar-refractivity contribution in [3.8, 4) is 0 Å². The van der Waals surface area contributed by atoms with E-state index in [9.17, 15) is 14.7 Å². The molecule has 0 fully saturated rings. The fraction of sp³-hybridized carbons (Fsp3) is 0.833. The van der Waals surface area contributed by atoms with Crippen molar-refractivity contribution in [2.45, 2.75) is 83.3 Å². The van der Waals surface area contributed by atoms with Crippen molar-refractivity contribution >= 4 is 17.6 Å². The van der Waals surface area contributed by atoms with Crippen molar-refractivity contribution in [2.24, 2.45) is 22.2 Å². The number of ketones is 1. The third-order valence-corrected chi connectivity index (χ3v) is 4.09. The number of rotatable bonds is 17. The van der Waals surface area contributed by atoms with Gasteiger partial charge in [-0.05, 0) is 32.2 Å². The SMILES string of the molecule is NCCCCCCCCC(=O)C(O)NC(=O)CCCCCCN=C(N)N. The van der Waals surface area contributed by atoms with E-state index in [1.807, 2.05) is 0 Å². The van der Waals surface area contributed by atoms with E-state index >= 15 is 0 Å². The molecule has 0 aromatic rings. The topological polar surface area (TPSA) is 157 Å². The van der Waals surface area contributed by atoms with Crippen LogP contribution in [-0.2, 0) is 9.59 Å². The van der Waals surface area contributed by atoms with Crippen LogP contribution in [0.25, 0.3) is 0 Å². The number of nitrogens with zero attached hydrogens (tertiary/aromatic N) is 1. The predicted octanol–water partition coefficient (Wildman–Crippen LogP) is 0.903. The number of amides is 1. The van der Waals surface area contributed by atoms with E-state index in [-0.39, 0.29) is 17.6 Å². The molecule has 1 amide bonds. The van der Waals surface area contributed by atoms with Crippen molar-refractivity contribution in [2.75, 3.05) is 13.1 Å². The van der Waals surface area contributed by atoms with Crippen LogP contribution in [0.15, 0.2) is 4.99 Å². The van der Waals surface area contributed by atoms with E-state index in [1.54, 1.807) is 0 Å². The number of hydrogen-bond donors (Lipinski definition) is 5. The molecule has 0 aliphatic rings. The zero-order valence-electron chi connectivity index (χ0n) is 15.9. The van der Waals surface area contributed by atoms with Gasteiger partial charge in [-0.3, -0.25) is 14.6 Å². The van der Waals surface area contributed by atoms with Gasteiger partial charge in [-0.25, -0.2) is 0 Å². The summed E-state index contributed by atoms with van der Waals surface area (Å²) in [6.45, 7) is 1.32. The summed E-state index contributed by atoms with van der Waals surface area (Å²) in [5.41, 5.74) is 15.9. The second kappa shape index (κ2) is 16.8. The Kier molecular flexibility index (Phi) is 15.7. The van der Waals surface area contributed by atoms with E-state index < -0.39 is 6.23 Å². The van der Waals surface area contributed by atoms with Crippen molar-refractivity contribution in [3.05, 3.63) is 0 Å². The monoisotopic (exact) mass is 371 g/mol. The van der Waals surface area contributed by atoms with E-state index in [0.29, 0.717) is 25.8 Å². The van der Waals surface area contributed by atoms with E-state index in [4.69, 9.17) is 17.2 Å². The number of aliphatic hydroxyl groups excluding tert-OH is 1. The quantitative estimate of drug-likeness (QED) is 0.111. The Labute approximate surface area is 157 Å². The average Bonchev–Trinajstić information content (AvgIpc) is 2.59. The maximum Gasteiger partial charge on any atom is 0.222 e. The van der Waals surface area contributed by atoms with Crippen LogP contribution < -0.4 is 22.5 Å². The van der Waals surface area contributed by atoms with Crippen LogP contribution in [-0.4, -0.2) is 42.1 Å². The minimum atomic E-state index is -1.39. The summed E-state index contributed by atoms with van der Waals surface area (Å²) in [5, 5.41) is 12.1. The molecule has 8 nitrogen and oxygen atoms in total. The van der Waals surface area contributed by atoms with Gasteiger partial charge in [-0.2, -0.15) is 0 Å². The summed E-state index contributed by atoms with van der Waals surface area (Å²) >= 11 is 0. The number of aliphatic hydroxyl groups is 1. The van der Waals surface area contributed by atoms with Gasteiger partial charge in [-0.15, -0.1) is 0 Å². The molecule has 152 valence electrons. The molecule has 8 heteroatoms. The fourth-order valence-corrected chi connectivity index (χ4v) is 2.55. The van der Waals surface area contributed by atoms with Crippen LogP contribution >= 0.6 is 0 Å². The molecular formula is C18H37N5O3. The van der Waals surface area contributed by atoms with Crippen molar-refractivity contribution in [3.63, 3.8) is 0 Å². The Morgan fingerprint density at radius 1 is 0.846 bits per heavy atom. The summed E-state index contributed by atoms with van der Waals surface area (Å²) in [6, 6.07) is 0. The highest BCUT2D eigenvalue weighted by Crippen LogP contribution is 2.08. The normalized spacial score (nSPS) is 11.8. The second-order valence-corrected chi connectivity index (χ2v) is 6.57. The third-order valence-electron chi connectivity index (χ3n) is 4.09. The molecular weight excluding hydrogens is 334 g/mol. The lowest BCUT2D eigenvalue weighted by Gasteiger charge is -2.12. The third kappa shape index (κ3) is 15.8. The maximum atomic E-state index is 11.8. The zero-order valence-corrected chi connectivity index (χ0v) is 15.9. The van der Waals surface area contributed by atoms with Gasteiger partial charge in [0.2, 0.25) is 5.91 Å². The molecule has 0 bridgehead atoms. The summed E-state index contributed by atoms with van der Waals surface area (Å²) in [6.07, 6.45) is 8.63. The Morgan fingerprint density at radius 3 is 2.00 bits per heavy atom. The molecule has 0 aromatic carbocycles. The van der Waals surface area contributed by atoms with Crippen molar-refractivity contribution in [1.29, 1.82) is 0 Å². The molecule has 0 spiro atoms. The van der Waals surface area contributed by atoms with E-state index in [1.165, 1.54) is 0 Å². The van der Waals surface area contributed by atoms with Gasteiger partial charge in [0.05, 0.1) is 0 Å². The van der Waals surface area contributed by atoms with E-state index in [0.717, 1.165) is 64.3 Å². The Balaban J connectivity index is 3.61. The first-order valence-corrected chi connectivity index (χ1v) is 9.73. The molecule has 0 saturated carbocycles. The Hall–Kier alpha value is -1.67. The summed E-state index contributed by atoms with van der Waals surface area (Å²) in [7, 11) is 0. The molecule has 0 aliphatic heterocycles. The number of hydrogen-bond acceptors (Lipinski definition) is 5. The Bertz CT molecular complexity index is 412. The highest BCUT2D eigenvalue weighted by molar-refractivity contribution is 5.87. The molecule has 1 unspecified atom stereocenters. The van der Waals surface area contributed by atoms with E-state index in [2.05, 4.69) is 10.3 Å². The number of unbranched alkanes of at least 4 members (excludes halogenated alkanes) is 8. The zero-order chi connectivity index (χ0) is 19.6. The molecule has 8 N–H and O–H groups in total. The number of carbonyl (C=O) groups excluding carboxylic acids is 2. The lowest BCUT2D eigenvalue weighted by Crippen LogP contribution is -2.40. The number of nitrogens with two attached hydrogens (primary N) is 3. The molecule has 0 saturated heterocycles. The molecule has 0 rings (SSSR count). The average molecular weight is 372 g/mol. The number of nitrogens with one attached hydrogen (secondary N) is 1. The second-order valence-electron chi connectivity index (χ2n) is 6.57. The fourth-order valence-electron chi connectivity index (χ4n) is 2.55. The maximum absolute atomic E-state index is 11.8. The lowest BCUT2D eigenvalue weighted by molar-refractivity contribution is -0.135. The van der Waals surface area contributed by atoms with Gasteiger partial charge in [0.25, 0.3) is 0 Å². The molecule has 0 heterocycles. The standard InChI is InChI=1S/C18H37N5O3/c19-13-9-5-2-1-3-7-11-15(24)17(26)23-16(25)12-8-4-6-10-14-22-18(20)21/h17,26H,1-14,19H2,(H,23,25)(H4,20,21,22). The highest BCUT2D eigenvalue weighted by Gasteiger charge is 2.16. The van der Waals surface area contributed by atoms with Crippen LogP contribution in [0.2, 0.25) is 0 Å². The summed E-state index contributed by atoms with van der Waals surface area (Å²) in [4.78, 5) is 27.4. The number of Topliss-reactive ketones (excluding diaryl/α,β-unsaturated/α-hetero) is 1. The minimum absolute atomic E-state index is 0.0922. The molecule has 0 radical (unpaired) electrons. The molecule has 1 atom stereocenters. The molecule has 0 aromatic heterocycles. The van der Waals surface area contributed by atoms with Crippen LogP contribution in [0.5, 0.6) is 0 Å². The van der Waals surface area contributed by atoms with Gasteiger partial charge in [0, 0.05) is 19.4 Å². The molecule has 0 aliphatic carbocycles. The summed E-state index contributed by atoms with van der Waals surface area (Å²) < 4.78 is 0. The first-order valence-electron chi connectivity index (χ1n) is 9.73. The van der Waals surface area contributed by atoms with Crippen LogP contribution in [0.3, 0.4) is 0 Å². The van der Waals surface area contributed by atoms with Gasteiger partial charge in [0.1, 0.15) is 0 Å². The van der Waals surface area contributed by atoms with Crippen LogP contribution in [0, 0.1) is 0 Å². The van der Waals surface area contributed by atoms with Gasteiger partial charge in [0.15, 0.2) is 18.0 Å². The minimum Gasteiger partial charge on any atom is -0.370 e. The molecule has 26 heavy (non-hydrogen) atoms. The van der Waals surface area contributed by atoms with Crippen molar-refractivity contribution in [1.82, 2.24) is 5.32 Å². The lowest BCUT2D eigenvalue weighted by atomic mass is 10.1. The van der Waals surface area contributed by atoms with Crippen LogP contribution in [0.1, 0.15) is 77.0 Å². The van der Waals surface area contributed by atoms with Gasteiger partial charge >= 0.3 is 0 Å². The highest BCUT2D eigenvalue weighted by atomic mass is 16.3. The van der Waals surface area contributed by atoms with Crippen molar-refractivity contribution < 1.29 is 14.7 Å². The van der Waals surface area contributed by atoms with Gasteiger partial charge in [-0.1, -0.05) is 38.5 Å². The number of guanidine groups is 1. The first-order chi connectivity index (χ1) is 12.5. The smallest absolute Gasteiger partial charge is 0.222 e. The largest absolute Gasteiger partial charge is 0.370 e. The summed E-state index contributed by atoms with van der Waals surface area (Å²) in [5.74, 6) is -0.524. The van der Waals surface area contributed by atoms with Crippen LogP contribution in [0.4, 0.5) is 0 Å². The predicted molar refractivity (Wildman–Crippen MR) is 104 cm³/mol. The van der Waals surface area contributed by atoms with Gasteiger partial charge < -0.3 is 27.6 Å². The number of carbonyl (C=O) groups is 2. The first kappa shape index (κ1) is 24.3. The number of aliphatic imine (C=N–C) groups is 1.